The highest BCUT2D eigenvalue weighted by atomic mass is 79.9. The van der Waals surface area contributed by atoms with Gasteiger partial charge in [-0.2, -0.15) is 0 Å². The lowest BCUT2D eigenvalue weighted by Gasteiger charge is -2.01. The van der Waals surface area contributed by atoms with Crippen LogP contribution >= 0.6 is 27.5 Å². The number of alkyl halides is 1. The van der Waals surface area contributed by atoms with Crippen LogP contribution in [0.25, 0.3) is 0 Å². The first-order chi connectivity index (χ1) is 5.72. The fraction of sp³-hybridized carbons (Fsp3) is 0.125. The van der Waals surface area contributed by atoms with Crippen LogP contribution < -0.4 is 5.32 Å². The SMILES string of the molecule is O=C(CCl)Nc1cccc(Br)c1. The summed E-state index contributed by atoms with van der Waals surface area (Å²) in [6, 6.07) is 7.34. The molecule has 0 fully saturated rings. The zero-order valence-corrected chi connectivity index (χ0v) is 8.52. The molecule has 0 aliphatic rings. The van der Waals surface area contributed by atoms with Gasteiger partial charge < -0.3 is 5.32 Å². The number of anilines is 1. The molecule has 0 radical (unpaired) electrons. The average molecular weight is 249 g/mol. The largest absolute Gasteiger partial charge is 0.325 e. The third kappa shape index (κ3) is 2.83. The summed E-state index contributed by atoms with van der Waals surface area (Å²) in [6.07, 6.45) is 0. The van der Waals surface area contributed by atoms with Crippen molar-refractivity contribution in [2.24, 2.45) is 0 Å². The number of benzene rings is 1. The fourth-order valence-corrected chi connectivity index (χ4v) is 1.23. The van der Waals surface area contributed by atoms with Crippen molar-refractivity contribution in [3.05, 3.63) is 28.7 Å². The van der Waals surface area contributed by atoms with Gasteiger partial charge in [-0.1, -0.05) is 22.0 Å². The van der Waals surface area contributed by atoms with E-state index in [2.05, 4.69) is 21.2 Å². The molecule has 0 saturated heterocycles. The summed E-state index contributed by atoms with van der Waals surface area (Å²) in [5, 5.41) is 2.63. The number of hydrogen-bond donors (Lipinski definition) is 1. The molecule has 2 nitrogen and oxygen atoms in total. The van der Waals surface area contributed by atoms with Crippen LogP contribution in [0, 0.1) is 0 Å². The van der Waals surface area contributed by atoms with Gasteiger partial charge in [-0.05, 0) is 18.2 Å². The standard InChI is InChI=1S/C8H7BrClNO/c9-6-2-1-3-7(4-6)11-8(12)5-10/h1-4H,5H2,(H,11,12). The second-order valence-electron chi connectivity index (χ2n) is 2.19. The Balaban J connectivity index is 2.69. The molecule has 0 aromatic heterocycles. The molecule has 1 amide bonds. The molecule has 12 heavy (non-hydrogen) atoms. The minimum absolute atomic E-state index is 0.0213. The van der Waals surface area contributed by atoms with Crippen LogP contribution in [-0.4, -0.2) is 11.8 Å². The molecule has 4 heteroatoms. The van der Waals surface area contributed by atoms with E-state index in [0.717, 1.165) is 10.2 Å². The number of amides is 1. The molecule has 1 rings (SSSR count). The molecule has 1 N–H and O–H groups in total. The molecule has 0 aliphatic heterocycles. The van der Waals surface area contributed by atoms with E-state index in [1.807, 2.05) is 18.2 Å². The van der Waals surface area contributed by atoms with Crippen molar-refractivity contribution in [2.75, 3.05) is 11.2 Å². The maximum atomic E-state index is 10.8. The zero-order chi connectivity index (χ0) is 8.97. The lowest BCUT2D eigenvalue weighted by Crippen LogP contribution is -2.12. The number of hydrogen-bond acceptors (Lipinski definition) is 1. The van der Waals surface area contributed by atoms with Crippen LogP contribution in [0.5, 0.6) is 0 Å². The summed E-state index contributed by atoms with van der Waals surface area (Å²) in [6.45, 7) is 0. The quantitative estimate of drug-likeness (QED) is 0.801. The van der Waals surface area contributed by atoms with E-state index in [9.17, 15) is 4.79 Å². The highest BCUT2D eigenvalue weighted by Crippen LogP contribution is 2.15. The van der Waals surface area contributed by atoms with Crippen LogP contribution in [-0.2, 0) is 4.79 Å². The molecule has 0 atom stereocenters. The summed E-state index contributed by atoms with van der Waals surface area (Å²) in [5.41, 5.74) is 0.745. The lowest BCUT2D eigenvalue weighted by atomic mass is 10.3. The topological polar surface area (TPSA) is 29.1 Å². The van der Waals surface area contributed by atoms with E-state index in [0.29, 0.717) is 0 Å². The Morgan fingerprint density at radius 2 is 2.33 bits per heavy atom. The van der Waals surface area contributed by atoms with Crippen molar-refractivity contribution in [3.8, 4) is 0 Å². The number of carbonyl (C=O) groups is 1. The van der Waals surface area contributed by atoms with Gasteiger partial charge >= 0.3 is 0 Å². The van der Waals surface area contributed by atoms with Crippen molar-refractivity contribution < 1.29 is 4.79 Å². The Morgan fingerprint density at radius 3 is 2.92 bits per heavy atom. The molecular formula is C8H7BrClNO. The van der Waals surface area contributed by atoms with Crippen LogP contribution in [0.4, 0.5) is 5.69 Å². The first kappa shape index (κ1) is 9.55. The lowest BCUT2D eigenvalue weighted by molar-refractivity contribution is -0.113. The first-order valence-electron chi connectivity index (χ1n) is 3.34. The molecule has 0 aliphatic carbocycles. The van der Waals surface area contributed by atoms with Crippen LogP contribution in [0.2, 0.25) is 0 Å². The summed E-state index contributed by atoms with van der Waals surface area (Å²) >= 11 is 8.61. The van der Waals surface area contributed by atoms with Gasteiger partial charge in [0.15, 0.2) is 0 Å². The molecule has 0 unspecified atom stereocenters. The number of carbonyl (C=O) groups excluding carboxylic acids is 1. The molecular weight excluding hydrogens is 241 g/mol. The van der Waals surface area contributed by atoms with Crippen molar-refractivity contribution in [1.29, 1.82) is 0 Å². The smallest absolute Gasteiger partial charge is 0.239 e. The number of nitrogens with one attached hydrogen (secondary N) is 1. The maximum absolute atomic E-state index is 10.8. The predicted octanol–water partition coefficient (Wildman–Crippen LogP) is 2.63. The second kappa shape index (κ2) is 4.48. The summed E-state index contributed by atoms with van der Waals surface area (Å²) < 4.78 is 0.926. The third-order valence-electron chi connectivity index (χ3n) is 1.23. The Hall–Kier alpha value is -0.540. The van der Waals surface area contributed by atoms with E-state index in [1.54, 1.807) is 6.07 Å². The van der Waals surface area contributed by atoms with E-state index in [4.69, 9.17) is 11.6 Å². The van der Waals surface area contributed by atoms with Crippen molar-refractivity contribution in [1.82, 2.24) is 0 Å². The minimum Gasteiger partial charge on any atom is -0.325 e. The molecule has 64 valence electrons. The van der Waals surface area contributed by atoms with Gasteiger partial charge in [0.25, 0.3) is 0 Å². The Bertz CT molecular complexity index is 290. The molecule has 1 aromatic carbocycles. The molecule has 0 saturated carbocycles. The molecule has 0 spiro atoms. The van der Waals surface area contributed by atoms with Crippen LogP contribution in [0.15, 0.2) is 28.7 Å². The van der Waals surface area contributed by atoms with Crippen molar-refractivity contribution in [2.45, 2.75) is 0 Å². The summed E-state index contributed by atoms with van der Waals surface area (Å²) in [5.74, 6) is -0.221. The predicted molar refractivity (Wildman–Crippen MR) is 53.5 cm³/mol. The number of halogens is 2. The summed E-state index contributed by atoms with van der Waals surface area (Å²) in [7, 11) is 0. The normalized spacial score (nSPS) is 9.50. The van der Waals surface area contributed by atoms with Gasteiger partial charge in [-0.25, -0.2) is 0 Å². The minimum atomic E-state index is -0.199. The van der Waals surface area contributed by atoms with Gasteiger partial charge in [0.05, 0.1) is 0 Å². The molecule has 0 bridgehead atoms. The van der Waals surface area contributed by atoms with E-state index in [-0.39, 0.29) is 11.8 Å². The third-order valence-corrected chi connectivity index (χ3v) is 1.97. The van der Waals surface area contributed by atoms with E-state index in [1.165, 1.54) is 0 Å². The van der Waals surface area contributed by atoms with Crippen molar-refractivity contribution >= 4 is 39.1 Å². The van der Waals surface area contributed by atoms with Gasteiger partial charge in [-0.15, -0.1) is 11.6 Å². The second-order valence-corrected chi connectivity index (χ2v) is 3.38. The van der Waals surface area contributed by atoms with Gasteiger partial charge in [0.2, 0.25) is 5.91 Å². The Labute approximate surface area is 84.0 Å². The molecule has 1 aromatic rings. The van der Waals surface area contributed by atoms with Crippen molar-refractivity contribution in [3.63, 3.8) is 0 Å². The monoisotopic (exact) mass is 247 g/mol. The van der Waals surface area contributed by atoms with E-state index >= 15 is 0 Å². The van der Waals surface area contributed by atoms with Crippen LogP contribution in [0.3, 0.4) is 0 Å². The Morgan fingerprint density at radius 1 is 1.58 bits per heavy atom. The highest BCUT2D eigenvalue weighted by molar-refractivity contribution is 9.10. The first-order valence-corrected chi connectivity index (χ1v) is 4.66. The number of rotatable bonds is 2. The average Bonchev–Trinajstić information content (AvgIpc) is 2.04. The maximum Gasteiger partial charge on any atom is 0.239 e. The van der Waals surface area contributed by atoms with Gasteiger partial charge in [0, 0.05) is 10.2 Å². The van der Waals surface area contributed by atoms with E-state index < -0.39 is 0 Å². The Kier molecular flexibility index (Phi) is 3.56. The zero-order valence-electron chi connectivity index (χ0n) is 6.18. The fourth-order valence-electron chi connectivity index (χ4n) is 0.761. The van der Waals surface area contributed by atoms with Gasteiger partial charge in [0.1, 0.15) is 5.88 Å². The van der Waals surface area contributed by atoms with Crippen LogP contribution in [0.1, 0.15) is 0 Å². The highest BCUT2D eigenvalue weighted by Gasteiger charge is 1.98. The molecule has 0 heterocycles. The summed E-state index contributed by atoms with van der Waals surface area (Å²) in [4.78, 5) is 10.8. The van der Waals surface area contributed by atoms with Gasteiger partial charge in [-0.3, -0.25) is 4.79 Å².